The molecule has 1 fully saturated rings. The maximum absolute atomic E-state index is 11.5. The van der Waals surface area contributed by atoms with Gasteiger partial charge in [-0.3, -0.25) is 0 Å². The number of sulfone groups is 1. The Balaban J connectivity index is 1.43. The van der Waals surface area contributed by atoms with Gasteiger partial charge in [0.2, 0.25) is 0 Å². The quantitative estimate of drug-likeness (QED) is 0.649. The van der Waals surface area contributed by atoms with Crippen LogP contribution in [0.1, 0.15) is 26.2 Å². The van der Waals surface area contributed by atoms with E-state index < -0.39 is 9.84 Å². The van der Waals surface area contributed by atoms with Crippen LogP contribution < -0.4 is 14.4 Å². The summed E-state index contributed by atoms with van der Waals surface area (Å²) in [5.41, 5.74) is 0. The lowest BCUT2D eigenvalue weighted by atomic mass is 9.84. The molecule has 0 bridgehead atoms. The molecule has 29 heavy (non-hydrogen) atoms. The van der Waals surface area contributed by atoms with E-state index in [2.05, 4.69) is 16.8 Å². The summed E-state index contributed by atoms with van der Waals surface area (Å²) in [6.45, 7) is 4.93. The summed E-state index contributed by atoms with van der Waals surface area (Å²) < 4.78 is 34.1. The molecule has 0 aliphatic carbocycles. The molecule has 1 aliphatic rings. The van der Waals surface area contributed by atoms with Crippen molar-refractivity contribution in [2.75, 3.05) is 38.0 Å². The summed E-state index contributed by atoms with van der Waals surface area (Å²) in [5.74, 6) is 3.78. The number of aromatic nitrogens is 1. The number of hydrogen-bond donors (Lipinski definition) is 0. The molecule has 0 radical (unpaired) electrons. The molecule has 0 N–H and O–H groups in total. The lowest BCUT2D eigenvalue weighted by Gasteiger charge is -2.35. The fourth-order valence-electron chi connectivity index (χ4n) is 3.78. The first kappa shape index (κ1) is 21.4. The summed E-state index contributed by atoms with van der Waals surface area (Å²) in [5, 5.41) is 0. The van der Waals surface area contributed by atoms with Gasteiger partial charge in [-0.25, -0.2) is 13.4 Å². The molecular formula is C22H30N2O4S. The Kier molecular flexibility index (Phi) is 7.00. The van der Waals surface area contributed by atoms with Crippen LogP contribution in [-0.2, 0) is 9.84 Å². The Morgan fingerprint density at radius 2 is 1.83 bits per heavy atom. The molecule has 0 amide bonds. The van der Waals surface area contributed by atoms with Gasteiger partial charge in [-0.2, -0.15) is 0 Å². The highest BCUT2D eigenvalue weighted by Gasteiger charge is 2.24. The highest BCUT2D eigenvalue weighted by Crippen LogP contribution is 2.30. The fourth-order valence-corrected chi connectivity index (χ4v) is 4.41. The van der Waals surface area contributed by atoms with Gasteiger partial charge in [0, 0.05) is 31.6 Å². The van der Waals surface area contributed by atoms with Crippen LogP contribution in [0.5, 0.6) is 11.5 Å². The Morgan fingerprint density at radius 1 is 1.14 bits per heavy atom. The second kappa shape index (κ2) is 9.48. The Morgan fingerprint density at radius 3 is 2.45 bits per heavy atom. The molecule has 158 valence electrons. The minimum atomic E-state index is -3.17. The van der Waals surface area contributed by atoms with E-state index in [0.29, 0.717) is 29.1 Å². The largest absolute Gasteiger partial charge is 0.497 e. The zero-order chi connectivity index (χ0) is 20.9. The van der Waals surface area contributed by atoms with Gasteiger partial charge in [0.1, 0.15) is 17.3 Å². The van der Waals surface area contributed by atoms with E-state index in [1.54, 1.807) is 37.6 Å². The van der Waals surface area contributed by atoms with Crippen LogP contribution in [0.2, 0.25) is 0 Å². The molecule has 1 aromatic carbocycles. The predicted octanol–water partition coefficient (Wildman–Crippen LogP) is 3.82. The number of pyridine rings is 1. The van der Waals surface area contributed by atoms with Gasteiger partial charge in [-0.15, -0.1) is 0 Å². The van der Waals surface area contributed by atoms with Crippen molar-refractivity contribution in [2.24, 2.45) is 11.8 Å². The highest BCUT2D eigenvalue weighted by atomic mass is 32.2. The van der Waals surface area contributed by atoms with Crippen molar-refractivity contribution in [3.05, 3.63) is 42.6 Å². The first-order chi connectivity index (χ1) is 13.9. The number of methoxy groups -OCH3 is 1. The van der Waals surface area contributed by atoms with Crippen molar-refractivity contribution in [2.45, 2.75) is 31.1 Å². The molecule has 2 heterocycles. The fraction of sp³-hybridized carbons (Fsp3) is 0.500. The number of hydrogen-bond acceptors (Lipinski definition) is 6. The van der Waals surface area contributed by atoms with Crippen LogP contribution in [0.3, 0.4) is 0 Å². The molecule has 1 atom stereocenters. The first-order valence-electron chi connectivity index (χ1n) is 10.0. The van der Waals surface area contributed by atoms with Gasteiger partial charge < -0.3 is 14.4 Å². The molecule has 1 aromatic heterocycles. The molecule has 6 nitrogen and oxygen atoms in total. The van der Waals surface area contributed by atoms with E-state index >= 15 is 0 Å². The third kappa shape index (κ3) is 5.85. The summed E-state index contributed by atoms with van der Waals surface area (Å²) in [7, 11) is -1.49. The molecule has 3 rings (SSSR count). The van der Waals surface area contributed by atoms with Gasteiger partial charge in [0.15, 0.2) is 9.84 Å². The van der Waals surface area contributed by atoms with E-state index in [-0.39, 0.29) is 0 Å². The van der Waals surface area contributed by atoms with Crippen LogP contribution >= 0.6 is 0 Å². The average Bonchev–Trinajstić information content (AvgIpc) is 2.73. The second-order valence-electron chi connectivity index (χ2n) is 7.74. The van der Waals surface area contributed by atoms with E-state index in [1.165, 1.54) is 6.26 Å². The van der Waals surface area contributed by atoms with Crippen LogP contribution in [0.4, 0.5) is 5.82 Å². The van der Waals surface area contributed by atoms with E-state index in [4.69, 9.17) is 9.47 Å². The van der Waals surface area contributed by atoms with Gasteiger partial charge in [-0.05, 0) is 61.4 Å². The maximum Gasteiger partial charge on any atom is 0.175 e. The minimum Gasteiger partial charge on any atom is -0.497 e. The Hall–Kier alpha value is -2.28. The van der Waals surface area contributed by atoms with Crippen LogP contribution in [0, 0.1) is 11.8 Å². The van der Waals surface area contributed by atoms with E-state index in [0.717, 1.165) is 43.9 Å². The molecule has 0 saturated carbocycles. The number of rotatable bonds is 8. The molecule has 7 heteroatoms. The topological polar surface area (TPSA) is 68.7 Å². The van der Waals surface area contributed by atoms with Crippen molar-refractivity contribution < 1.29 is 17.9 Å². The third-order valence-corrected chi connectivity index (χ3v) is 6.84. The number of nitrogens with zero attached hydrogens (tertiary/aromatic N) is 2. The normalized spacial score (nSPS) is 16.4. The zero-order valence-electron chi connectivity index (χ0n) is 17.4. The number of piperidine rings is 1. The molecule has 0 spiro atoms. The van der Waals surface area contributed by atoms with Gasteiger partial charge in [0.05, 0.1) is 18.6 Å². The van der Waals surface area contributed by atoms with Crippen LogP contribution in [-0.4, -0.2) is 46.5 Å². The van der Waals surface area contributed by atoms with Crippen LogP contribution in [0.25, 0.3) is 0 Å². The van der Waals surface area contributed by atoms with Crippen molar-refractivity contribution in [1.82, 2.24) is 4.98 Å². The third-order valence-electron chi connectivity index (χ3n) is 5.71. The smallest absolute Gasteiger partial charge is 0.175 e. The van der Waals surface area contributed by atoms with Gasteiger partial charge in [0.25, 0.3) is 0 Å². The Labute approximate surface area is 173 Å². The zero-order valence-corrected chi connectivity index (χ0v) is 18.2. The first-order valence-corrected chi connectivity index (χ1v) is 11.9. The Bertz CT molecular complexity index is 891. The van der Waals surface area contributed by atoms with E-state index in [1.807, 2.05) is 12.1 Å². The van der Waals surface area contributed by atoms with Crippen molar-refractivity contribution in [1.29, 1.82) is 0 Å². The van der Waals surface area contributed by atoms with E-state index in [9.17, 15) is 8.42 Å². The molecule has 2 aromatic rings. The maximum atomic E-state index is 11.5. The number of benzene rings is 1. The van der Waals surface area contributed by atoms with Crippen molar-refractivity contribution in [3.63, 3.8) is 0 Å². The summed E-state index contributed by atoms with van der Waals surface area (Å²) in [6, 6.07) is 10.5. The monoisotopic (exact) mass is 418 g/mol. The average molecular weight is 419 g/mol. The summed E-state index contributed by atoms with van der Waals surface area (Å²) in [4.78, 5) is 7.11. The molecular weight excluding hydrogens is 388 g/mol. The van der Waals surface area contributed by atoms with Crippen molar-refractivity contribution >= 4 is 15.7 Å². The highest BCUT2D eigenvalue weighted by molar-refractivity contribution is 7.90. The molecule has 1 aliphatic heterocycles. The van der Waals surface area contributed by atoms with Gasteiger partial charge >= 0.3 is 0 Å². The summed E-state index contributed by atoms with van der Waals surface area (Å²) in [6.07, 6.45) is 6.27. The number of anilines is 1. The SMILES string of the molecule is COc1ccnc(N2CCC([C@H](C)CCOc3ccc(S(C)(=O)=O)cc3)CC2)c1. The minimum absolute atomic E-state index is 0.315. The second-order valence-corrected chi connectivity index (χ2v) is 9.75. The predicted molar refractivity (Wildman–Crippen MR) is 115 cm³/mol. The van der Waals surface area contributed by atoms with Gasteiger partial charge in [-0.1, -0.05) is 6.92 Å². The molecule has 0 unspecified atom stereocenters. The lowest BCUT2D eigenvalue weighted by Crippen LogP contribution is -2.36. The standard InChI is InChI=1S/C22H30N2O4S/c1-17(11-15-28-19-4-6-21(7-5-19)29(3,25)26)18-9-13-24(14-10-18)22-16-20(27-2)8-12-23-22/h4-8,12,16-18H,9-11,13-15H2,1-3H3/t17-/m1/s1. The van der Waals surface area contributed by atoms with Crippen LogP contribution in [0.15, 0.2) is 47.5 Å². The summed E-state index contributed by atoms with van der Waals surface area (Å²) >= 11 is 0. The lowest BCUT2D eigenvalue weighted by molar-refractivity contribution is 0.223. The molecule has 1 saturated heterocycles. The number of ether oxygens (including phenoxy) is 2. The van der Waals surface area contributed by atoms with Crippen molar-refractivity contribution in [3.8, 4) is 11.5 Å².